The third kappa shape index (κ3) is 3.59. The monoisotopic (exact) mass is 351 g/mol. The molecule has 2 saturated heterocycles. The third-order valence-corrected chi connectivity index (χ3v) is 6.61. The minimum atomic E-state index is -0.0521. The molecule has 3 heterocycles. The van der Waals surface area contributed by atoms with Crippen LogP contribution in [0, 0.1) is 18.3 Å². The van der Waals surface area contributed by atoms with Crippen LogP contribution in [0.2, 0.25) is 0 Å². The number of anilines is 1. The SMILES string of the molecule is CCCC1(CO)CCN(C(=O)C2CCN(c3nc(C)cs3)CC2)C1. The van der Waals surface area contributed by atoms with Crippen molar-refractivity contribution < 1.29 is 9.90 Å². The Morgan fingerprint density at radius 1 is 1.42 bits per heavy atom. The van der Waals surface area contributed by atoms with Crippen molar-refractivity contribution in [2.75, 3.05) is 37.7 Å². The van der Waals surface area contributed by atoms with Crippen LogP contribution in [-0.4, -0.2) is 53.7 Å². The summed E-state index contributed by atoms with van der Waals surface area (Å²) in [6.45, 7) is 7.75. The zero-order valence-electron chi connectivity index (χ0n) is 14.8. The number of aromatic nitrogens is 1. The molecule has 1 aromatic heterocycles. The highest BCUT2D eigenvalue weighted by molar-refractivity contribution is 7.13. The van der Waals surface area contributed by atoms with Gasteiger partial charge in [0.1, 0.15) is 0 Å². The summed E-state index contributed by atoms with van der Waals surface area (Å²) in [4.78, 5) is 21.7. The van der Waals surface area contributed by atoms with Gasteiger partial charge >= 0.3 is 0 Å². The quantitative estimate of drug-likeness (QED) is 0.886. The molecule has 134 valence electrons. The van der Waals surface area contributed by atoms with E-state index in [9.17, 15) is 9.90 Å². The van der Waals surface area contributed by atoms with Gasteiger partial charge in [-0.25, -0.2) is 4.98 Å². The number of aliphatic hydroxyl groups excluding tert-OH is 1. The molecular formula is C18H29N3O2S. The van der Waals surface area contributed by atoms with Gasteiger partial charge in [0.2, 0.25) is 5.91 Å². The van der Waals surface area contributed by atoms with Gasteiger partial charge in [0, 0.05) is 42.9 Å². The first-order valence-electron chi connectivity index (χ1n) is 9.13. The first-order chi connectivity index (χ1) is 11.6. The van der Waals surface area contributed by atoms with E-state index in [-0.39, 0.29) is 17.9 Å². The Kier molecular flexibility index (Phi) is 5.45. The zero-order chi connectivity index (χ0) is 17.2. The summed E-state index contributed by atoms with van der Waals surface area (Å²) in [7, 11) is 0. The van der Waals surface area contributed by atoms with Gasteiger partial charge in [-0.15, -0.1) is 11.3 Å². The molecule has 0 saturated carbocycles. The van der Waals surface area contributed by atoms with E-state index in [1.54, 1.807) is 11.3 Å². The fourth-order valence-electron chi connectivity index (χ4n) is 4.13. The summed E-state index contributed by atoms with van der Waals surface area (Å²) in [5.74, 6) is 0.440. The lowest BCUT2D eigenvalue weighted by atomic mass is 9.83. The number of thiazole rings is 1. The van der Waals surface area contributed by atoms with E-state index >= 15 is 0 Å². The van der Waals surface area contributed by atoms with E-state index in [2.05, 4.69) is 22.2 Å². The second kappa shape index (κ2) is 7.40. The maximum atomic E-state index is 12.9. The number of piperidine rings is 1. The molecule has 1 atom stereocenters. The van der Waals surface area contributed by atoms with Crippen LogP contribution in [0.5, 0.6) is 0 Å². The number of hydrogen-bond donors (Lipinski definition) is 1. The largest absolute Gasteiger partial charge is 0.396 e. The number of hydrogen-bond acceptors (Lipinski definition) is 5. The second-order valence-electron chi connectivity index (χ2n) is 7.45. The Morgan fingerprint density at radius 3 is 2.75 bits per heavy atom. The minimum absolute atomic E-state index is 0.0521. The van der Waals surface area contributed by atoms with Crippen molar-refractivity contribution in [3.63, 3.8) is 0 Å². The number of carbonyl (C=O) groups excluding carboxylic acids is 1. The highest BCUT2D eigenvalue weighted by Gasteiger charge is 2.40. The minimum Gasteiger partial charge on any atom is -0.396 e. The fourth-order valence-corrected chi connectivity index (χ4v) is 4.99. The van der Waals surface area contributed by atoms with Gasteiger partial charge in [0.15, 0.2) is 5.13 Å². The predicted octanol–water partition coefficient (Wildman–Crippen LogP) is 2.68. The average Bonchev–Trinajstić information content (AvgIpc) is 3.22. The Balaban J connectivity index is 1.54. The van der Waals surface area contributed by atoms with Gasteiger partial charge in [-0.1, -0.05) is 13.3 Å². The average molecular weight is 352 g/mol. The summed E-state index contributed by atoms with van der Waals surface area (Å²) in [5, 5.41) is 12.9. The van der Waals surface area contributed by atoms with E-state index in [0.29, 0.717) is 5.91 Å². The molecule has 1 unspecified atom stereocenters. The molecule has 0 radical (unpaired) electrons. The fraction of sp³-hybridized carbons (Fsp3) is 0.778. The van der Waals surface area contributed by atoms with Crippen LogP contribution in [-0.2, 0) is 4.79 Å². The van der Waals surface area contributed by atoms with Crippen molar-refractivity contribution in [3.05, 3.63) is 11.1 Å². The van der Waals surface area contributed by atoms with Crippen LogP contribution in [0.3, 0.4) is 0 Å². The highest BCUT2D eigenvalue weighted by atomic mass is 32.1. The number of aliphatic hydroxyl groups is 1. The molecule has 24 heavy (non-hydrogen) atoms. The Hall–Kier alpha value is -1.14. The van der Waals surface area contributed by atoms with E-state index in [4.69, 9.17) is 0 Å². The van der Waals surface area contributed by atoms with Gasteiger partial charge in [-0.05, 0) is 32.6 Å². The van der Waals surface area contributed by atoms with Gasteiger partial charge < -0.3 is 14.9 Å². The number of amides is 1. The number of nitrogens with zero attached hydrogens (tertiary/aromatic N) is 3. The molecule has 6 heteroatoms. The lowest BCUT2D eigenvalue weighted by molar-refractivity contribution is -0.135. The normalized spacial score (nSPS) is 25.5. The molecule has 3 rings (SSSR count). The van der Waals surface area contributed by atoms with Crippen LogP contribution in [0.25, 0.3) is 0 Å². The molecule has 0 aromatic carbocycles. The smallest absolute Gasteiger partial charge is 0.225 e. The zero-order valence-corrected chi connectivity index (χ0v) is 15.6. The molecule has 5 nitrogen and oxygen atoms in total. The summed E-state index contributed by atoms with van der Waals surface area (Å²) in [6.07, 6.45) is 4.84. The first-order valence-corrected chi connectivity index (χ1v) is 10.0. The summed E-state index contributed by atoms with van der Waals surface area (Å²) in [5.41, 5.74) is 1.02. The molecule has 0 spiro atoms. The van der Waals surface area contributed by atoms with Crippen LogP contribution in [0.4, 0.5) is 5.13 Å². The van der Waals surface area contributed by atoms with Crippen molar-refractivity contribution in [1.29, 1.82) is 0 Å². The molecule has 1 aromatic rings. The lowest BCUT2D eigenvalue weighted by Crippen LogP contribution is -2.43. The lowest BCUT2D eigenvalue weighted by Gasteiger charge is -2.33. The highest BCUT2D eigenvalue weighted by Crippen LogP contribution is 2.36. The maximum absolute atomic E-state index is 12.9. The first kappa shape index (κ1) is 17.7. The van der Waals surface area contributed by atoms with E-state index in [1.165, 1.54) is 0 Å². The molecule has 1 amide bonds. The van der Waals surface area contributed by atoms with Crippen molar-refractivity contribution in [1.82, 2.24) is 9.88 Å². The molecule has 0 bridgehead atoms. The Morgan fingerprint density at radius 2 is 2.17 bits per heavy atom. The van der Waals surface area contributed by atoms with Crippen molar-refractivity contribution in [2.45, 2.75) is 46.0 Å². The number of aryl methyl sites for hydroxylation is 1. The van der Waals surface area contributed by atoms with Crippen LogP contribution < -0.4 is 4.90 Å². The predicted molar refractivity (Wildman–Crippen MR) is 97.4 cm³/mol. The van der Waals surface area contributed by atoms with Gasteiger partial charge in [0.05, 0.1) is 12.3 Å². The van der Waals surface area contributed by atoms with Gasteiger partial charge in [-0.3, -0.25) is 4.79 Å². The molecule has 2 fully saturated rings. The molecule has 2 aliphatic rings. The second-order valence-corrected chi connectivity index (χ2v) is 8.29. The van der Waals surface area contributed by atoms with E-state index < -0.39 is 0 Å². The van der Waals surface area contributed by atoms with Crippen LogP contribution >= 0.6 is 11.3 Å². The number of rotatable bonds is 5. The third-order valence-electron chi connectivity index (χ3n) is 5.59. The molecule has 2 aliphatic heterocycles. The Labute approximate surface area is 148 Å². The number of carbonyl (C=O) groups is 1. The Bertz CT molecular complexity index is 568. The van der Waals surface area contributed by atoms with Gasteiger partial charge in [0.25, 0.3) is 0 Å². The molecule has 1 N–H and O–H groups in total. The molecular weight excluding hydrogens is 322 g/mol. The van der Waals surface area contributed by atoms with Crippen molar-refractivity contribution >= 4 is 22.4 Å². The van der Waals surface area contributed by atoms with Crippen LogP contribution in [0.1, 0.15) is 44.7 Å². The van der Waals surface area contributed by atoms with Crippen LogP contribution in [0.15, 0.2) is 5.38 Å². The summed E-state index contributed by atoms with van der Waals surface area (Å²) < 4.78 is 0. The molecule has 0 aliphatic carbocycles. The number of likely N-dealkylation sites (tertiary alicyclic amines) is 1. The van der Waals surface area contributed by atoms with E-state index in [1.807, 2.05) is 11.8 Å². The summed E-state index contributed by atoms with van der Waals surface area (Å²) in [6, 6.07) is 0. The van der Waals surface area contributed by atoms with Crippen molar-refractivity contribution in [3.8, 4) is 0 Å². The standard InChI is InChI=1S/C18H29N3O2S/c1-3-6-18(13-22)7-10-21(12-18)16(23)15-4-8-20(9-5-15)17-19-14(2)11-24-17/h11,15,22H,3-10,12-13H2,1-2H3. The summed E-state index contributed by atoms with van der Waals surface area (Å²) >= 11 is 1.69. The van der Waals surface area contributed by atoms with Crippen molar-refractivity contribution in [2.24, 2.45) is 11.3 Å². The van der Waals surface area contributed by atoms with Gasteiger partial charge in [-0.2, -0.15) is 0 Å². The van der Waals surface area contributed by atoms with E-state index in [0.717, 1.165) is 69.1 Å². The topological polar surface area (TPSA) is 56.7 Å². The maximum Gasteiger partial charge on any atom is 0.225 e.